The topological polar surface area (TPSA) is 48.3 Å². The van der Waals surface area contributed by atoms with E-state index in [-0.39, 0.29) is 12.2 Å². The molecular weight excluding hydrogens is 298 g/mol. The lowest BCUT2D eigenvalue weighted by Gasteiger charge is -2.37. The molecular formula is C20H23N3O. The fourth-order valence-electron chi connectivity index (χ4n) is 3.20. The maximum absolute atomic E-state index is 8.87. The maximum atomic E-state index is 8.87. The first kappa shape index (κ1) is 16.4. The van der Waals surface area contributed by atoms with Crippen LogP contribution in [-0.2, 0) is 11.3 Å². The van der Waals surface area contributed by atoms with Gasteiger partial charge in [0.2, 0.25) is 0 Å². The van der Waals surface area contributed by atoms with Crippen LogP contribution >= 0.6 is 0 Å². The summed E-state index contributed by atoms with van der Waals surface area (Å²) in [5.74, 6) is 0. The molecule has 0 amide bonds. The fraction of sp³-hybridized carbons (Fsp3) is 0.350. The van der Waals surface area contributed by atoms with E-state index in [1.165, 1.54) is 11.3 Å². The third kappa shape index (κ3) is 3.87. The van der Waals surface area contributed by atoms with E-state index < -0.39 is 0 Å². The van der Waals surface area contributed by atoms with Crippen LogP contribution in [-0.4, -0.2) is 25.3 Å². The van der Waals surface area contributed by atoms with Crippen LogP contribution in [0.2, 0.25) is 0 Å². The van der Waals surface area contributed by atoms with Gasteiger partial charge < -0.3 is 15.0 Å². The number of nitrogens with zero attached hydrogens (tertiary/aromatic N) is 2. The number of rotatable bonds is 4. The number of anilines is 2. The van der Waals surface area contributed by atoms with Crippen LogP contribution in [0.5, 0.6) is 0 Å². The van der Waals surface area contributed by atoms with Gasteiger partial charge >= 0.3 is 0 Å². The van der Waals surface area contributed by atoms with E-state index in [0.29, 0.717) is 5.56 Å². The van der Waals surface area contributed by atoms with Crippen molar-refractivity contribution in [3.05, 3.63) is 59.7 Å². The third-order valence-electron chi connectivity index (χ3n) is 4.25. The van der Waals surface area contributed by atoms with Crippen LogP contribution < -0.4 is 10.2 Å². The summed E-state index contributed by atoms with van der Waals surface area (Å²) in [7, 11) is 0. The third-order valence-corrected chi connectivity index (χ3v) is 4.25. The van der Waals surface area contributed by atoms with E-state index in [2.05, 4.69) is 54.4 Å². The molecule has 0 aromatic heterocycles. The van der Waals surface area contributed by atoms with E-state index in [0.717, 1.165) is 25.3 Å². The lowest BCUT2D eigenvalue weighted by atomic mass is 10.1. The molecule has 2 aromatic rings. The first-order chi connectivity index (χ1) is 11.7. The number of morpholine rings is 1. The summed E-state index contributed by atoms with van der Waals surface area (Å²) in [5.41, 5.74) is 4.23. The second-order valence-electron chi connectivity index (χ2n) is 6.33. The molecule has 0 bridgehead atoms. The summed E-state index contributed by atoms with van der Waals surface area (Å²) < 4.78 is 5.85. The highest BCUT2D eigenvalue weighted by atomic mass is 16.5. The molecule has 0 aliphatic carbocycles. The van der Waals surface area contributed by atoms with Gasteiger partial charge in [-0.1, -0.05) is 18.2 Å². The van der Waals surface area contributed by atoms with Crippen molar-refractivity contribution in [2.24, 2.45) is 0 Å². The van der Waals surface area contributed by atoms with Gasteiger partial charge in [-0.15, -0.1) is 0 Å². The van der Waals surface area contributed by atoms with E-state index >= 15 is 0 Å². The van der Waals surface area contributed by atoms with Crippen molar-refractivity contribution in [2.75, 3.05) is 23.3 Å². The quantitative estimate of drug-likeness (QED) is 0.931. The molecule has 4 nitrogen and oxygen atoms in total. The highest BCUT2D eigenvalue weighted by molar-refractivity contribution is 5.56. The molecule has 0 spiro atoms. The minimum absolute atomic E-state index is 0.244. The molecule has 1 saturated heterocycles. The van der Waals surface area contributed by atoms with Gasteiger partial charge in [-0.25, -0.2) is 0 Å². The predicted molar refractivity (Wildman–Crippen MR) is 97.1 cm³/mol. The Bertz CT molecular complexity index is 710. The largest absolute Gasteiger partial charge is 0.381 e. The zero-order valence-corrected chi connectivity index (χ0v) is 14.2. The molecule has 0 unspecified atom stereocenters. The van der Waals surface area contributed by atoms with Gasteiger partial charge in [0.15, 0.2) is 0 Å². The summed E-state index contributed by atoms with van der Waals surface area (Å²) in [6.45, 7) is 6.83. The molecule has 2 aromatic carbocycles. The van der Waals surface area contributed by atoms with Crippen molar-refractivity contribution in [1.82, 2.24) is 0 Å². The molecule has 0 saturated carbocycles. The maximum Gasteiger partial charge on any atom is 0.0991 e. The summed E-state index contributed by atoms with van der Waals surface area (Å²) in [4.78, 5) is 2.41. The van der Waals surface area contributed by atoms with Crippen molar-refractivity contribution in [3.8, 4) is 6.07 Å². The summed E-state index contributed by atoms with van der Waals surface area (Å²) in [6.07, 6.45) is 0.488. The van der Waals surface area contributed by atoms with Crippen LogP contribution in [0.15, 0.2) is 48.5 Å². The number of hydrogen-bond donors (Lipinski definition) is 1. The van der Waals surface area contributed by atoms with Crippen molar-refractivity contribution in [3.63, 3.8) is 0 Å². The second kappa shape index (κ2) is 7.37. The minimum atomic E-state index is 0.244. The Balaban J connectivity index is 1.73. The van der Waals surface area contributed by atoms with Crippen LogP contribution in [0.1, 0.15) is 25.0 Å². The van der Waals surface area contributed by atoms with Crippen molar-refractivity contribution >= 4 is 11.4 Å². The molecule has 1 aliphatic heterocycles. The van der Waals surface area contributed by atoms with Gasteiger partial charge in [0.25, 0.3) is 0 Å². The van der Waals surface area contributed by atoms with Gasteiger partial charge in [-0.3, -0.25) is 0 Å². The molecule has 1 aliphatic rings. The average Bonchev–Trinajstić information content (AvgIpc) is 2.60. The van der Waals surface area contributed by atoms with Crippen molar-refractivity contribution < 1.29 is 4.74 Å². The number of ether oxygens (including phenoxy) is 1. The number of para-hydroxylation sites is 1. The predicted octanol–water partition coefficient (Wildman–Crippen LogP) is 3.78. The monoisotopic (exact) mass is 321 g/mol. The fourth-order valence-corrected chi connectivity index (χ4v) is 3.20. The Kier molecular flexibility index (Phi) is 5.02. The Hall–Kier alpha value is -2.51. The van der Waals surface area contributed by atoms with E-state index in [4.69, 9.17) is 10.00 Å². The van der Waals surface area contributed by atoms with Crippen LogP contribution in [0.4, 0.5) is 11.4 Å². The molecule has 0 radical (unpaired) electrons. The SMILES string of the molecule is C[C@H]1CN(c2ccccc2CNc2ccc(C#N)cc2)C[C@H](C)O1. The number of hydrogen-bond acceptors (Lipinski definition) is 4. The van der Waals surface area contributed by atoms with Crippen molar-refractivity contribution in [1.29, 1.82) is 5.26 Å². The Morgan fingerprint density at radius 2 is 1.75 bits per heavy atom. The Morgan fingerprint density at radius 3 is 2.42 bits per heavy atom. The highest BCUT2D eigenvalue weighted by Gasteiger charge is 2.23. The number of nitrogens with one attached hydrogen (secondary N) is 1. The molecule has 24 heavy (non-hydrogen) atoms. The molecule has 1 N–H and O–H groups in total. The zero-order valence-electron chi connectivity index (χ0n) is 14.2. The standard InChI is InChI=1S/C20H23N3O/c1-15-13-23(14-16(2)24-15)20-6-4-3-5-18(20)12-22-19-9-7-17(11-21)8-10-19/h3-10,15-16,22H,12-14H2,1-2H3/t15-,16-/m0/s1. The van der Waals surface area contributed by atoms with Gasteiger partial charge in [-0.2, -0.15) is 5.26 Å². The van der Waals surface area contributed by atoms with Crippen LogP contribution in [0.25, 0.3) is 0 Å². The van der Waals surface area contributed by atoms with Gasteiger partial charge in [-0.05, 0) is 49.7 Å². The van der Waals surface area contributed by atoms with Gasteiger partial charge in [0, 0.05) is 31.0 Å². The van der Waals surface area contributed by atoms with E-state index in [1.807, 2.05) is 24.3 Å². The molecule has 124 valence electrons. The Labute approximate surface area is 143 Å². The number of benzene rings is 2. The van der Waals surface area contributed by atoms with Gasteiger partial charge in [0.05, 0.1) is 23.8 Å². The zero-order chi connectivity index (χ0) is 16.9. The van der Waals surface area contributed by atoms with Crippen molar-refractivity contribution in [2.45, 2.75) is 32.6 Å². The van der Waals surface area contributed by atoms with E-state index in [1.54, 1.807) is 0 Å². The summed E-state index contributed by atoms with van der Waals surface area (Å²) in [5, 5.41) is 12.3. The van der Waals surface area contributed by atoms with Crippen LogP contribution in [0, 0.1) is 11.3 Å². The normalized spacial score (nSPS) is 20.5. The highest BCUT2D eigenvalue weighted by Crippen LogP contribution is 2.25. The minimum Gasteiger partial charge on any atom is -0.381 e. The van der Waals surface area contributed by atoms with Crippen LogP contribution in [0.3, 0.4) is 0 Å². The molecule has 3 rings (SSSR count). The first-order valence-corrected chi connectivity index (χ1v) is 8.38. The smallest absolute Gasteiger partial charge is 0.0991 e. The summed E-state index contributed by atoms with van der Waals surface area (Å²) in [6, 6.07) is 18.2. The van der Waals surface area contributed by atoms with E-state index in [9.17, 15) is 0 Å². The molecule has 1 heterocycles. The second-order valence-corrected chi connectivity index (χ2v) is 6.33. The lowest BCUT2D eigenvalue weighted by molar-refractivity contribution is -0.00525. The first-order valence-electron chi connectivity index (χ1n) is 8.38. The van der Waals surface area contributed by atoms with Gasteiger partial charge in [0.1, 0.15) is 0 Å². The lowest BCUT2D eigenvalue weighted by Crippen LogP contribution is -2.45. The summed E-state index contributed by atoms with van der Waals surface area (Å²) >= 11 is 0. The molecule has 1 fully saturated rings. The molecule has 2 atom stereocenters. The Morgan fingerprint density at radius 1 is 1.08 bits per heavy atom. The molecule has 4 heteroatoms. The number of nitriles is 1. The average molecular weight is 321 g/mol.